The summed E-state index contributed by atoms with van der Waals surface area (Å²) < 4.78 is 5.99. The van der Waals surface area contributed by atoms with Crippen LogP contribution in [0.4, 0.5) is 10.6 Å². The molecule has 0 aliphatic rings. The summed E-state index contributed by atoms with van der Waals surface area (Å²) in [4.78, 5) is 29.5. The van der Waals surface area contributed by atoms with Crippen molar-refractivity contribution in [3.8, 4) is 17.0 Å². The third-order valence-corrected chi connectivity index (χ3v) is 4.89. The molecule has 32 heavy (non-hydrogen) atoms. The highest BCUT2D eigenvalue weighted by molar-refractivity contribution is 5.90. The maximum Gasteiger partial charge on any atom is 0.328 e. The molecule has 0 unspecified atom stereocenters. The fraction of sp³-hybridized carbons (Fsp3) is 0.400. The molecule has 2 aromatic rings. The lowest BCUT2D eigenvalue weighted by molar-refractivity contribution is -0.131. The molecule has 2 rings (SSSR count). The number of pyridine rings is 1. The lowest BCUT2D eigenvalue weighted by Gasteiger charge is -2.18. The summed E-state index contributed by atoms with van der Waals surface area (Å²) in [7, 11) is 1.69. The van der Waals surface area contributed by atoms with Crippen LogP contribution in [0.1, 0.15) is 51.5 Å². The van der Waals surface area contributed by atoms with Gasteiger partial charge in [-0.25, -0.2) is 14.6 Å². The zero-order chi connectivity index (χ0) is 23.3. The molecule has 0 atom stereocenters. The molecular formula is C25H33N3O4. The summed E-state index contributed by atoms with van der Waals surface area (Å²) in [6, 6.07) is 10.8. The van der Waals surface area contributed by atoms with Crippen LogP contribution in [-0.4, -0.2) is 42.3 Å². The van der Waals surface area contributed by atoms with Crippen molar-refractivity contribution in [2.45, 2.75) is 46.0 Å². The van der Waals surface area contributed by atoms with Crippen LogP contribution in [0.3, 0.4) is 0 Å². The molecule has 0 saturated carbocycles. The van der Waals surface area contributed by atoms with Crippen molar-refractivity contribution < 1.29 is 19.4 Å². The first kappa shape index (κ1) is 24.9. The van der Waals surface area contributed by atoms with E-state index in [9.17, 15) is 9.59 Å². The average molecular weight is 440 g/mol. The number of carbonyl (C=O) groups excluding carboxylic acids is 1. The highest BCUT2D eigenvalue weighted by Crippen LogP contribution is 2.31. The monoisotopic (exact) mass is 439 g/mol. The molecule has 0 radical (unpaired) electrons. The Hall–Kier alpha value is -3.35. The van der Waals surface area contributed by atoms with Gasteiger partial charge in [0, 0.05) is 25.2 Å². The molecule has 0 saturated heterocycles. The van der Waals surface area contributed by atoms with Crippen LogP contribution >= 0.6 is 0 Å². The van der Waals surface area contributed by atoms with E-state index in [1.165, 1.54) is 11.0 Å². The summed E-state index contributed by atoms with van der Waals surface area (Å²) in [6.07, 6.45) is 7.66. The van der Waals surface area contributed by atoms with Gasteiger partial charge in [-0.3, -0.25) is 4.90 Å². The Morgan fingerprint density at radius 1 is 1.12 bits per heavy atom. The van der Waals surface area contributed by atoms with E-state index in [1.54, 1.807) is 13.1 Å². The molecule has 0 fully saturated rings. The van der Waals surface area contributed by atoms with E-state index in [0.29, 0.717) is 30.4 Å². The van der Waals surface area contributed by atoms with E-state index in [4.69, 9.17) is 9.84 Å². The second-order valence-electron chi connectivity index (χ2n) is 7.51. The third-order valence-electron chi connectivity index (χ3n) is 4.89. The average Bonchev–Trinajstić information content (AvgIpc) is 2.80. The first-order valence-electron chi connectivity index (χ1n) is 11.1. The Labute approximate surface area is 190 Å². The van der Waals surface area contributed by atoms with Gasteiger partial charge in [0.25, 0.3) is 0 Å². The molecular weight excluding hydrogens is 406 g/mol. The predicted octanol–water partition coefficient (Wildman–Crippen LogP) is 5.36. The van der Waals surface area contributed by atoms with Crippen molar-refractivity contribution in [1.82, 2.24) is 10.3 Å². The first-order chi connectivity index (χ1) is 15.5. The molecule has 0 bridgehead atoms. The van der Waals surface area contributed by atoms with Gasteiger partial charge in [-0.05, 0) is 48.7 Å². The molecule has 1 heterocycles. The Kier molecular flexibility index (Phi) is 10.2. The number of rotatable bonds is 12. The molecule has 2 amide bonds. The molecule has 2 N–H and O–H groups in total. The van der Waals surface area contributed by atoms with Gasteiger partial charge in [0.15, 0.2) is 0 Å². The summed E-state index contributed by atoms with van der Waals surface area (Å²) in [5, 5.41) is 11.8. The minimum atomic E-state index is -1.01. The molecule has 0 aliphatic heterocycles. The molecule has 0 spiro atoms. The van der Waals surface area contributed by atoms with Gasteiger partial charge in [-0.2, -0.15) is 0 Å². The largest absolute Gasteiger partial charge is 0.493 e. The predicted molar refractivity (Wildman–Crippen MR) is 128 cm³/mol. The second-order valence-corrected chi connectivity index (χ2v) is 7.51. The summed E-state index contributed by atoms with van der Waals surface area (Å²) in [6.45, 7) is 5.40. The summed E-state index contributed by atoms with van der Waals surface area (Å²) >= 11 is 0. The highest BCUT2D eigenvalue weighted by Gasteiger charge is 2.14. The summed E-state index contributed by atoms with van der Waals surface area (Å²) in [5.74, 6) is 0.153. The molecule has 1 aromatic carbocycles. The number of aliphatic carboxylic acids is 1. The number of amides is 2. The van der Waals surface area contributed by atoms with Crippen molar-refractivity contribution in [3.05, 3.63) is 48.0 Å². The maximum absolute atomic E-state index is 12.5. The van der Waals surface area contributed by atoms with Gasteiger partial charge in [-0.1, -0.05) is 45.2 Å². The smallest absolute Gasteiger partial charge is 0.328 e. The van der Waals surface area contributed by atoms with Crippen LogP contribution in [0.2, 0.25) is 0 Å². The van der Waals surface area contributed by atoms with Crippen molar-refractivity contribution in [2.75, 3.05) is 25.1 Å². The number of nitrogens with one attached hydrogen (secondary N) is 1. The number of hydrogen-bond donors (Lipinski definition) is 2. The van der Waals surface area contributed by atoms with E-state index in [2.05, 4.69) is 24.1 Å². The maximum atomic E-state index is 12.5. The van der Waals surface area contributed by atoms with Crippen LogP contribution < -0.4 is 15.0 Å². The van der Waals surface area contributed by atoms with E-state index in [1.807, 2.05) is 30.3 Å². The number of ether oxygens (including phenoxy) is 1. The van der Waals surface area contributed by atoms with Crippen LogP contribution in [0.5, 0.6) is 5.75 Å². The number of carboxylic acid groups (broad SMARTS) is 1. The Morgan fingerprint density at radius 2 is 1.91 bits per heavy atom. The van der Waals surface area contributed by atoms with E-state index >= 15 is 0 Å². The number of carbonyl (C=O) groups is 2. The van der Waals surface area contributed by atoms with Crippen LogP contribution in [0.25, 0.3) is 17.3 Å². The van der Waals surface area contributed by atoms with Crippen molar-refractivity contribution in [3.63, 3.8) is 0 Å². The van der Waals surface area contributed by atoms with Crippen molar-refractivity contribution in [1.29, 1.82) is 0 Å². The highest BCUT2D eigenvalue weighted by atomic mass is 16.5. The van der Waals surface area contributed by atoms with E-state index < -0.39 is 5.97 Å². The van der Waals surface area contributed by atoms with Gasteiger partial charge >= 0.3 is 12.0 Å². The molecule has 1 aromatic heterocycles. The Morgan fingerprint density at radius 3 is 2.62 bits per heavy atom. The first-order valence-corrected chi connectivity index (χ1v) is 11.1. The number of carboxylic acids is 1. The van der Waals surface area contributed by atoms with Crippen LogP contribution in [0, 0.1) is 0 Å². The topological polar surface area (TPSA) is 91.8 Å². The van der Waals surface area contributed by atoms with E-state index in [-0.39, 0.29) is 6.03 Å². The third kappa shape index (κ3) is 7.72. The van der Waals surface area contributed by atoms with Gasteiger partial charge in [0.1, 0.15) is 11.6 Å². The quantitative estimate of drug-likeness (QED) is 0.343. The van der Waals surface area contributed by atoms with Crippen LogP contribution in [0.15, 0.2) is 42.5 Å². The Balaban J connectivity index is 2.27. The molecule has 7 nitrogen and oxygen atoms in total. The van der Waals surface area contributed by atoms with Gasteiger partial charge < -0.3 is 15.2 Å². The zero-order valence-corrected chi connectivity index (χ0v) is 19.1. The minimum absolute atomic E-state index is 0.195. The fourth-order valence-electron chi connectivity index (χ4n) is 3.02. The summed E-state index contributed by atoms with van der Waals surface area (Å²) in [5.41, 5.74) is 2.18. The van der Waals surface area contributed by atoms with Gasteiger partial charge in [0.2, 0.25) is 0 Å². The lowest BCUT2D eigenvalue weighted by atomic mass is 10.1. The second kappa shape index (κ2) is 13.1. The molecule has 172 valence electrons. The number of hydrogen-bond acceptors (Lipinski definition) is 4. The minimum Gasteiger partial charge on any atom is -0.493 e. The number of urea groups is 1. The fourth-order valence-corrected chi connectivity index (χ4v) is 3.02. The van der Waals surface area contributed by atoms with Gasteiger partial charge in [0.05, 0.1) is 12.3 Å². The molecule has 0 aliphatic carbocycles. The lowest BCUT2D eigenvalue weighted by Crippen LogP contribution is -2.38. The van der Waals surface area contributed by atoms with Gasteiger partial charge in [-0.15, -0.1) is 0 Å². The van der Waals surface area contributed by atoms with Crippen LogP contribution in [-0.2, 0) is 4.79 Å². The number of nitrogens with zero attached hydrogens (tertiary/aromatic N) is 2. The van der Waals surface area contributed by atoms with Crippen molar-refractivity contribution in [2.24, 2.45) is 0 Å². The zero-order valence-electron chi connectivity index (χ0n) is 19.1. The number of benzene rings is 1. The normalized spacial score (nSPS) is 10.8. The Bertz CT molecular complexity index is 927. The standard InChI is InChI=1S/C25H33N3O4/c1-4-6-8-16-26-25(31)28(3)23-11-9-10-21(27-23)20-14-12-19(13-15-24(29)30)18-22(20)32-17-7-5-2/h9-15,18H,4-8,16-17H2,1-3H3,(H,26,31)(H,29,30). The number of anilines is 1. The molecule has 7 heteroatoms. The van der Waals surface area contributed by atoms with E-state index in [0.717, 1.165) is 49.3 Å². The number of unbranched alkanes of at least 4 members (excludes halogenated alkanes) is 3. The SMILES string of the molecule is CCCCCNC(=O)N(C)c1cccc(-c2ccc(C=CC(=O)O)cc2OCCCC)n1. The van der Waals surface area contributed by atoms with Crippen molar-refractivity contribution >= 4 is 23.9 Å². The number of aromatic nitrogens is 1.